The molecule has 1 unspecified atom stereocenters. The predicted molar refractivity (Wildman–Crippen MR) is 83.3 cm³/mol. The summed E-state index contributed by atoms with van der Waals surface area (Å²) < 4.78 is 14.0. The summed E-state index contributed by atoms with van der Waals surface area (Å²) in [5, 5.41) is 10.2. The van der Waals surface area contributed by atoms with Crippen LogP contribution in [0.5, 0.6) is 0 Å². The molecule has 1 atom stereocenters. The lowest BCUT2D eigenvalue weighted by Crippen LogP contribution is -2.32. The Hall–Kier alpha value is -3.07. The van der Waals surface area contributed by atoms with Gasteiger partial charge < -0.3 is 10.1 Å². The van der Waals surface area contributed by atoms with Crippen molar-refractivity contribution in [1.82, 2.24) is 19.5 Å². The zero-order valence-electron chi connectivity index (χ0n) is 12.5. The molecule has 0 bridgehead atoms. The van der Waals surface area contributed by atoms with Crippen molar-refractivity contribution in [3.63, 3.8) is 0 Å². The predicted octanol–water partition coefficient (Wildman–Crippen LogP) is -0.275. The van der Waals surface area contributed by atoms with E-state index in [-0.39, 0.29) is 23.3 Å². The number of H-pyrrole nitrogens is 2. The minimum atomic E-state index is -1.09. The van der Waals surface area contributed by atoms with Gasteiger partial charge in [0.1, 0.15) is 17.2 Å². The zero-order valence-corrected chi connectivity index (χ0v) is 12.5. The third-order valence-corrected chi connectivity index (χ3v) is 3.68. The molecular weight excluding hydrogens is 319 g/mol. The van der Waals surface area contributed by atoms with Gasteiger partial charge in [-0.25, -0.2) is 14.2 Å². The molecule has 0 fully saturated rings. The highest BCUT2D eigenvalue weighted by molar-refractivity contribution is 5.68. The van der Waals surface area contributed by atoms with Gasteiger partial charge in [-0.05, 0) is 17.7 Å². The molecule has 3 aromatic rings. The number of aromatic amines is 2. The second kappa shape index (κ2) is 5.85. The number of nitrogens with zero attached hydrogens (tertiary/aromatic N) is 2. The molecule has 24 heavy (non-hydrogen) atoms. The van der Waals surface area contributed by atoms with Gasteiger partial charge in [0.05, 0.1) is 6.10 Å². The normalized spacial score (nSPS) is 12.5. The number of aliphatic hydroxyl groups is 1. The van der Waals surface area contributed by atoms with Gasteiger partial charge in [-0.1, -0.05) is 12.1 Å². The minimum absolute atomic E-state index is 0.00577. The van der Waals surface area contributed by atoms with Crippen LogP contribution >= 0.6 is 0 Å². The standard InChI is InChI=1S/C15H13FN4O4/c1-20-12-11(14(23)19-15(20)24)17-9(13(22)18-12)6-10(21)7-2-4-8(16)5-3-7/h2-5,10,21H,6H2,1H3,(H,18,22)(H,19,23,24). The molecule has 3 N–H and O–H groups in total. The van der Waals surface area contributed by atoms with Crippen LogP contribution in [0.15, 0.2) is 38.6 Å². The van der Waals surface area contributed by atoms with Gasteiger partial charge in [0.25, 0.3) is 11.1 Å². The van der Waals surface area contributed by atoms with Crippen molar-refractivity contribution in [2.24, 2.45) is 7.05 Å². The smallest absolute Gasteiger partial charge is 0.329 e. The van der Waals surface area contributed by atoms with Crippen LogP contribution in [-0.4, -0.2) is 24.6 Å². The Balaban J connectivity index is 2.06. The topological polar surface area (TPSA) is 121 Å². The average molecular weight is 332 g/mol. The highest BCUT2D eigenvalue weighted by Crippen LogP contribution is 2.16. The van der Waals surface area contributed by atoms with E-state index < -0.39 is 28.7 Å². The fourth-order valence-electron chi connectivity index (χ4n) is 2.34. The van der Waals surface area contributed by atoms with E-state index in [9.17, 15) is 23.9 Å². The van der Waals surface area contributed by atoms with Crippen LogP contribution in [0.1, 0.15) is 17.4 Å². The first kappa shape index (κ1) is 15.8. The van der Waals surface area contributed by atoms with E-state index >= 15 is 0 Å². The number of hydrogen-bond acceptors (Lipinski definition) is 5. The van der Waals surface area contributed by atoms with Gasteiger partial charge >= 0.3 is 5.69 Å². The second-order valence-electron chi connectivity index (χ2n) is 5.30. The van der Waals surface area contributed by atoms with Gasteiger partial charge in [-0.3, -0.25) is 19.1 Å². The molecule has 124 valence electrons. The Morgan fingerprint density at radius 1 is 1.17 bits per heavy atom. The van der Waals surface area contributed by atoms with E-state index in [1.54, 1.807) is 0 Å². The van der Waals surface area contributed by atoms with Crippen LogP contribution in [-0.2, 0) is 13.5 Å². The minimum Gasteiger partial charge on any atom is -0.388 e. The molecule has 0 spiro atoms. The second-order valence-corrected chi connectivity index (χ2v) is 5.30. The van der Waals surface area contributed by atoms with E-state index in [4.69, 9.17) is 0 Å². The summed E-state index contributed by atoms with van der Waals surface area (Å²) in [5.41, 5.74) is -1.81. The van der Waals surface area contributed by atoms with Gasteiger partial charge in [0.15, 0.2) is 5.52 Å². The van der Waals surface area contributed by atoms with E-state index in [1.807, 2.05) is 0 Å². The van der Waals surface area contributed by atoms with Crippen LogP contribution < -0.4 is 16.8 Å². The van der Waals surface area contributed by atoms with Crippen molar-refractivity contribution in [2.75, 3.05) is 0 Å². The fourth-order valence-corrected chi connectivity index (χ4v) is 2.34. The first-order valence-electron chi connectivity index (χ1n) is 7.02. The highest BCUT2D eigenvalue weighted by atomic mass is 19.1. The van der Waals surface area contributed by atoms with E-state index in [0.717, 1.165) is 4.57 Å². The number of rotatable bonds is 3. The summed E-state index contributed by atoms with van der Waals surface area (Å²) >= 11 is 0. The number of aromatic nitrogens is 4. The van der Waals surface area contributed by atoms with Gasteiger partial charge in [-0.2, -0.15) is 0 Å². The quantitative estimate of drug-likeness (QED) is 0.609. The Kier molecular flexibility index (Phi) is 3.86. The third-order valence-electron chi connectivity index (χ3n) is 3.68. The lowest BCUT2D eigenvalue weighted by molar-refractivity contribution is 0.176. The van der Waals surface area contributed by atoms with Crippen molar-refractivity contribution < 1.29 is 9.50 Å². The van der Waals surface area contributed by atoms with E-state index in [2.05, 4.69) is 15.0 Å². The van der Waals surface area contributed by atoms with Gasteiger partial charge in [0.2, 0.25) is 0 Å². The molecule has 0 radical (unpaired) electrons. The largest absolute Gasteiger partial charge is 0.388 e. The number of fused-ring (bicyclic) bond motifs is 1. The molecule has 0 aliphatic carbocycles. The first-order chi connectivity index (χ1) is 11.4. The Morgan fingerprint density at radius 2 is 1.83 bits per heavy atom. The summed E-state index contributed by atoms with van der Waals surface area (Å²) in [6.07, 6.45) is -1.26. The summed E-state index contributed by atoms with van der Waals surface area (Å²) in [4.78, 5) is 44.0. The Morgan fingerprint density at radius 3 is 2.50 bits per heavy atom. The molecule has 3 rings (SSSR count). The fraction of sp³-hybridized carbons (Fsp3) is 0.200. The molecule has 2 aromatic heterocycles. The molecule has 9 heteroatoms. The number of halogens is 1. The summed E-state index contributed by atoms with van der Waals surface area (Å²) in [6.45, 7) is 0. The molecule has 0 saturated carbocycles. The molecule has 0 aliphatic heterocycles. The molecule has 0 aliphatic rings. The maximum absolute atomic E-state index is 12.9. The average Bonchev–Trinajstić information content (AvgIpc) is 2.54. The van der Waals surface area contributed by atoms with Crippen molar-refractivity contribution in [3.8, 4) is 0 Å². The summed E-state index contributed by atoms with van der Waals surface area (Å²) in [5.74, 6) is -0.444. The summed E-state index contributed by atoms with van der Waals surface area (Å²) in [7, 11) is 1.38. The molecular formula is C15H13FN4O4. The number of nitrogens with one attached hydrogen (secondary N) is 2. The monoisotopic (exact) mass is 332 g/mol. The van der Waals surface area contributed by atoms with Gasteiger partial charge in [-0.15, -0.1) is 0 Å². The third kappa shape index (κ3) is 2.76. The number of benzene rings is 1. The van der Waals surface area contributed by atoms with E-state index in [0.29, 0.717) is 5.56 Å². The highest BCUT2D eigenvalue weighted by Gasteiger charge is 2.16. The lowest BCUT2D eigenvalue weighted by Gasteiger charge is -2.11. The summed E-state index contributed by atoms with van der Waals surface area (Å²) in [6, 6.07) is 5.17. The maximum Gasteiger partial charge on any atom is 0.329 e. The van der Waals surface area contributed by atoms with Crippen molar-refractivity contribution in [3.05, 3.63) is 72.5 Å². The Labute approximate surface area is 133 Å². The lowest BCUT2D eigenvalue weighted by atomic mass is 10.1. The molecule has 2 heterocycles. The molecule has 0 amide bonds. The SMILES string of the molecule is Cn1c(=O)[nH]c(=O)c2nc(CC(O)c3ccc(F)cc3)c(=O)[nH]c21. The maximum atomic E-state index is 12.9. The van der Waals surface area contributed by atoms with Crippen LogP contribution in [0.25, 0.3) is 11.2 Å². The van der Waals surface area contributed by atoms with Crippen LogP contribution in [0.4, 0.5) is 4.39 Å². The zero-order chi connectivity index (χ0) is 17.4. The number of aliphatic hydroxyl groups excluding tert-OH is 1. The van der Waals surface area contributed by atoms with E-state index in [1.165, 1.54) is 31.3 Å². The first-order valence-corrected chi connectivity index (χ1v) is 7.02. The van der Waals surface area contributed by atoms with Gasteiger partial charge in [0, 0.05) is 13.5 Å². The number of hydrogen-bond donors (Lipinski definition) is 3. The van der Waals surface area contributed by atoms with Crippen LogP contribution in [0.3, 0.4) is 0 Å². The molecule has 0 saturated heterocycles. The van der Waals surface area contributed by atoms with Crippen LogP contribution in [0.2, 0.25) is 0 Å². The molecule has 1 aromatic carbocycles. The van der Waals surface area contributed by atoms with Crippen molar-refractivity contribution in [2.45, 2.75) is 12.5 Å². The molecule has 8 nitrogen and oxygen atoms in total. The van der Waals surface area contributed by atoms with Crippen LogP contribution in [0, 0.1) is 5.82 Å². The van der Waals surface area contributed by atoms with Crippen molar-refractivity contribution in [1.29, 1.82) is 0 Å². The Bertz CT molecular complexity index is 1080. The number of aryl methyl sites for hydroxylation is 1. The van der Waals surface area contributed by atoms with Crippen molar-refractivity contribution >= 4 is 11.2 Å².